The van der Waals surface area contributed by atoms with Crippen molar-refractivity contribution in [3.8, 4) is 0 Å². The Morgan fingerprint density at radius 2 is 2.19 bits per heavy atom. The van der Waals surface area contributed by atoms with E-state index in [1.54, 1.807) is 0 Å². The highest BCUT2D eigenvalue weighted by Gasteiger charge is 2.09. The van der Waals surface area contributed by atoms with E-state index in [-0.39, 0.29) is 12.7 Å². The molecule has 1 saturated heterocycles. The number of amides is 1. The molecule has 0 unspecified atom stereocenters. The minimum atomic E-state index is -0.386. The molecule has 0 aromatic heterocycles. The van der Waals surface area contributed by atoms with E-state index in [1.165, 1.54) is 0 Å². The van der Waals surface area contributed by atoms with Crippen LogP contribution in [0.5, 0.6) is 0 Å². The summed E-state index contributed by atoms with van der Waals surface area (Å²) in [7, 11) is 0. The van der Waals surface area contributed by atoms with Crippen molar-refractivity contribution in [3.63, 3.8) is 0 Å². The topological polar surface area (TPSA) is 50.8 Å². The normalized spacial score (nSPS) is 17.1. The Hall–Kier alpha value is -0.520. The SMILES string of the molecule is O=C(NCCCN1CCOCC1)OCCCl. The van der Waals surface area contributed by atoms with Crippen molar-refractivity contribution in [2.24, 2.45) is 0 Å². The van der Waals surface area contributed by atoms with Crippen LogP contribution in [0.25, 0.3) is 0 Å². The maximum Gasteiger partial charge on any atom is 0.407 e. The number of halogens is 1. The van der Waals surface area contributed by atoms with Gasteiger partial charge >= 0.3 is 6.09 Å². The van der Waals surface area contributed by atoms with Gasteiger partial charge in [-0.25, -0.2) is 4.79 Å². The molecule has 1 heterocycles. The number of hydrogen-bond donors (Lipinski definition) is 1. The summed E-state index contributed by atoms with van der Waals surface area (Å²) in [4.78, 5) is 13.4. The number of carbonyl (C=O) groups excluding carboxylic acids is 1. The molecule has 0 aromatic rings. The van der Waals surface area contributed by atoms with E-state index in [4.69, 9.17) is 21.1 Å². The Balaban J connectivity index is 1.92. The molecule has 1 amide bonds. The molecule has 1 aliphatic heterocycles. The Labute approximate surface area is 101 Å². The van der Waals surface area contributed by atoms with Crippen molar-refractivity contribution < 1.29 is 14.3 Å². The lowest BCUT2D eigenvalue weighted by molar-refractivity contribution is 0.0374. The smallest absolute Gasteiger partial charge is 0.407 e. The largest absolute Gasteiger partial charge is 0.448 e. The molecule has 1 aliphatic rings. The second-order valence-corrected chi connectivity index (χ2v) is 3.94. The zero-order valence-corrected chi connectivity index (χ0v) is 10.2. The fourth-order valence-corrected chi connectivity index (χ4v) is 1.58. The van der Waals surface area contributed by atoms with Crippen molar-refractivity contribution in [3.05, 3.63) is 0 Å². The van der Waals surface area contributed by atoms with Gasteiger partial charge in [0.25, 0.3) is 0 Å². The number of nitrogens with zero attached hydrogens (tertiary/aromatic N) is 1. The highest BCUT2D eigenvalue weighted by molar-refractivity contribution is 6.18. The summed E-state index contributed by atoms with van der Waals surface area (Å²) in [6, 6.07) is 0. The minimum Gasteiger partial charge on any atom is -0.448 e. The molecule has 0 aliphatic carbocycles. The van der Waals surface area contributed by atoms with Gasteiger partial charge in [-0.05, 0) is 13.0 Å². The van der Waals surface area contributed by atoms with Crippen LogP contribution >= 0.6 is 11.6 Å². The first-order valence-electron chi connectivity index (χ1n) is 5.59. The predicted molar refractivity (Wildman–Crippen MR) is 61.9 cm³/mol. The van der Waals surface area contributed by atoms with Gasteiger partial charge in [-0.1, -0.05) is 0 Å². The van der Waals surface area contributed by atoms with E-state index >= 15 is 0 Å². The fourth-order valence-electron chi connectivity index (χ4n) is 1.50. The molecular weight excluding hydrogens is 232 g/mol. The number of alkyl carbamates (subject to hydrolysis) is 1. The Kier molecular flexibility index (Phi) is 7.29. The predicted octanol–water partition coefficient (Wildman–Crippen LogP) is 0.674. The highest BCUT2D eigenvalue weighted by atomic mass is 35.5. The molecular formula is C10H19ClN2O3. The molecule has 0 saturated carbocycles. The lowest BCUT2D eigenvalue weighted by Crippen LogP contribution is -2.38. The van der Waals surface area contributed by atoms with Gasteiger partial charge < -0.3 is 14.8 Å². The third-order valence-corrected chi connectivity index (χ3v) is 2.49. The zero-order chi connectivity index (χ0) is 11.6. The Morgan fingerprint density at radius 1 is 1.44 bits per heavy atom. The Morgan fingerprint density at radius 3 is 2.88 bits per heavy atom. The summed E-state index contributed by atoms with van der Waals surface area (Å²) in [5, 5.41) is 2.68. The molecule has 0 spiro atoms. The molecule has 0 bridgehead atoms. The second-order valence-electron chi connectivity index (χ2n) is 3.56. The van der Waals surface area contributed by atoms with Crippen LogP contribution in [0.3, 0.4) is 0 Å². The van der Waals surface area contributed by atoms with Crippen LogP contribution in [0.1, 0.15) is 6.42 Å². The van der Waals surface area contributed by atoms with Crippen LogP contribution < -0.4 is 5.32 Å². The van der Waals surface area contributed by atoms with Crippen molar-refractivity contribution in [2.75, 3.05) is 51.9 Å². The van der Waals surface area contributed by atoms with Gasteiger partial charge in [0.15, 0.2) is 0 Å². The summed E-state index contributed by atoms with van der Waals surface area (Å²) < 4.78 is 10.0. The standard InChI is InChI=1S/C10H19ClN2O3/c11-2-7-16-10(14)12-3-1-4-13-5-8-15-9-6-13/h1-9H2,(H,12,14). The molecule has 94 valence electrons. The number of morpholine rings is 1. The first kappa shape index (κ1) is 13.5. The van der Waals surface area contributed by atoms with E-state index in [2.05, 4.69) is 10.2 Å². The van der Waals surface area contributed by atoms with Crippen LogP contribution in [-0.2, 0) is 9.47 Å². The molecule has 1 N–H and O–H groups in total. The van der Waals surface area contributed by atoms with Crippen LogP contribution in [-0.4, -0.2) is 62.9 Å². The summed E-state index contributed by atoms with van der Waals surface area (Å²) in [6.07, 6.45) is 0.540. The van der Waals surface area contributed by atoms with E-state index < -0.39 is 0 Å². The monoisotopic (exact) mass is 250 g/mol. The molecule has 5 nitrogen and oxygen atoms in total. The molecule has 0 atom stereocenters. The van der Waals surface area contributed by atoms with Crippen LogP contribution in [0, 0.1) is 0 Å². The lowest BCUT2D eigenvalue weighted by atomic mass is 10.3. The first-order chi connectivity index (χ1) is 7.83. The molecule has 1 rings (SSSR count). The number of hydrogen-bond acceptors (Lipinski definition) is 4. The summed E-state index contributed by atoms with van der Waals surface area (Å²) in [5.74, 6) is 0.335. The van der Waals surface area contributed by atoms with Crippen molar-refractivity contribution >= 4 is 17.7 Å². The molecule has 0 aromatic carbocycles. The van der Waals surface area contributed by atoms with E-state index in [9.17, 15) is 4.79 Å². The average molecular weight is 251 g/mol. The fraction of sp³-hybridized carbons (Fsp3) is 0.900. The van der Waals surface area contributed by atoms with Crippen molar-refractivity contribution in [1.29, 1.82) is 0 Å². The van der Waals surface area contributed by atoms with Gasteiger partial charge in [-0.2, -0.15) is 0 Å². The third-order valence-electron chi connectivity index (χ3n) is 2.33. The Bertz CT molecular complexity index is 199. The van der Waals surface area contributed by atoms with Gasteiger partial charge in [0.05, 0.1) is 19.1 Å². The lowest BCUT2D eigenvalue weighted by Gasteiger charge is -2.26. The maximum absolute atomic E-state index is 11.0. The van der Waals surface area contributed by atoms with Crippen LogP contribution in [0.15, 0.2) is 0 Å². The maximum atomic E-state index is 11.0. The number of rotatable bonds is 6. The third kappa shape index (κ3) is 6.15. The van der Waals surface area contributed by atoms with Gasteiger partial charge in [0.2, 0.25) is 0 Å². The molecule has 0 radical (unpaired) electrons. The zero-order valence-electron chi connectivity index (χ0n) is 9.41. The summed E-state index contributed by atoms with van der Waals surface area (Å²) in [5.41, 5.74) is 0. The molecule has 1 fully saturated rings. The quantitative estimate of drug-likeness (QED) is 0.556. The minimum absolute atomic E-state index is 0.261. The van der Waals surface area contributed by atoms with Crippen molar-refractivity contribution in [1.82, 2.24) is 10.2 Å². The first-order valence-corrected chi connectivity index (χ1v) is 6.13. The van der Waals surface area contributed by atoms with Crippen LogP contribution in [0.4, 0.5) is 4.79 Å². The second kappa shape index (κ2) is 8.61. The van der Waals surface area contributed by atoms with E-state index in [0.717, 1.165) is 39.3 Å². The number of alkyl halides is 1. The highest BCUT2D eigenvalue weighted by Crippen LogP contribution is 1.97. The van der Waals surface area contributed by atoms with Crippen LogP contribution in [0.2, 0.25) is 0 Å². The number of ether oxygens (including phenoxy) is 2. The van der Waals surface area contributed by atoms with Gasteiger partial charge in [-0.15, -0.1) is 11.6 Å². The average Bonchev–Trinajstić information content (AvgIpc) is 2.33. The van der Waals surface area contributed by atoms with E-state index in [0.29, 0.717) is 12.4 Å². The number of nitrogens with one attached hydrogen (secondary N) is 1. The van der Waals surface area contributed by atoms with Crippen molar-refractivity contribution in [2.45, 2.75) is 6.42 Å². The van der Waals surface area contributed by atoms with Gasteiger partial charge in [-0.3, -0.25) is 4.90 Å². The van der Waals surface area contributed by atoms with Gasteiger partial charge in [0, 0.05) is 19.6 Å². The van der Waals surface area contributed by atoms with Gasteiger partial charge in [0.1, 0.15) is 6.61 Å². The molecule has 6 heteroatoms. The molecule has 16 heavy (non-hydrogen) atoms. The summed E-state index contributed by atoms with van der Waals surface area (Å²) >= 11 is 5.38. The van der Waals surface area contributed by atoms with E-state index in [1.807, 2.05) is 0 Å². The summed E-state index contributed by atoms with van der Waals surface area (Å²) in [6.45, 7) is 5.47. The number of carbonyl (C=O) groups is 1.